The van der Waals surface area contributed by atoms with Crippen LogP contribution >= 0.6 is 0 Å². The van der Waals surface area contributed by atoms with E-state index in [0.717, 1.165) is 29.8 Å². The molecule has 0 radical (unpaired) electrons. The number of hydrogen-bond acceptors (Lipinski definition) is 4. The monoisotopic (exact) mass is 423 g/mol. The second-order valence-electron chi connectivity index (χ2n) is 7.85. The van der Waals surface area contributed by atoms with E-state index in [2.05, 4.69) is 5.10 Å². The van der Waals surface area contributed by atoms with Crippen LogP contribution in [0.5, 0.6) is 5.75 Å². The summed E-state index contributed by atoms with van der Waals surface area (Å²) in [5, 5.41) is 9.68. The Balaban J connectivity index is 1.78. The lowest BCUT2D eigenvalue weighted by Gasteiger charge is -2.09. The van der Waals surface area contributed by atoms with Gasteiger partial charge in [-0.2, -0.15) is 10.2 Å². The summed E-state index contributed by atoms with van der Waals surface area (Å²) in [6.07, 6.45) is 1.15. The largest absolute Gasteiger partial charge is 0.497 e. The standard InChI is InChI=1S/C23H23F2N5O/c1-4-29-12-18(13(2)27-29)19-11-17(22(24)25)20-21(14-5-6-14)28-30(23(20)26-19)15-7-9-16(31-3)10-8-15/h7-12,14,22H,4-6H2,1-3H3. The van der Waals surface area contributed by atoms with E-state index in [-0.39, 0.29) is 11.5 Å². The Morgan fingerprint density at radius 1 is 1.16 bits per heavy atom. The third-order valence-electron chi connectivity index (χ3n) is 5.76. The summed E-state index contributed by atoms with van der Waals surface area (Å²) in [6, 6.07) is 8.88. The van der Waals surface area contributed by atoms with E-state index in [4.69, 9.17) is 14.8 Å². The Morgan fingerprint density at radius 2 is 1.90 bits per heavy atom. The first-order valence-electron chi connectivity index (χ1n) is 10.4. The minimum Gasteiger partial charge on any atom is -0.497 e. The first kappa shape index (κ1) is 19.7. The fourth-order valence-electron chi connectivity index (χ4n) is 3.96. The summed E-state index contributed by atoms with van der Waals surface area (Å²) in [5.74, 6) is 0.920. The number of aryl methyl sites for hydroxylation is 2. The first-order valence-corrected chi connectivity index (χ1v) is 10.4. The van der Waals surface area contributed by atoms with Crippen LogP contribution in [-0.4, -0.2) is 31.7 Å². The average molecular weight is 423 g/mol. The molecule has 1 aliphatic rings. The summed E-state index contributed by atoms with van der Waals surface area (Å²) >= 11 is 0. The number of methoxy groups -OCH3 is 1. The predicted molar refractivity (Wildman–Crippen MR) is 114 cm³/mol. The fraction of sp³-hybridized carbons (Fsp3) is 0.348. The van der Waals surface area contributed by atoms with Crippen LogP contribution in [0.3, 0.4) is 0 Å². The number of halogens is 2. The molecule has 31 heavy (non-hydrogen) atoms. The van der Waals surface area contributed by atoms with Gasteiger partial charge in [0.15, 0.2) is 5.65 Å². The molecule has 3 aromatic heterocycles. The van der Waals surface area contributed by atoms with Crippen molar-refractivity contribution in [2.75, 3.05) is 7.11 Å². The molecule has 160 valence electrons. The molecule has 0 amide bonds. The van der Waals surface area contributed by atoms with Crippen LogP contribution in [0.2, 0.25) is 0 Å². The lowest BCUT2D eigenvalue weighted by atomic mass is 10.0. The fourth-order valence-corrected chi connectivity index (χ4v) is 3.96. The van der Waals surface area contributed by atoms with Crippen LogP contribution in [0, 0.1) is 6.92 Å². The van der Waals surface area contributed by atoms with E-state index in [9.17, 15) is 8.78 Å². The van der Waals surface area contributed by atoms with Crippen molar-refractivity contribution < 1.29 is 13.5 Å². The molecule has 1 aliphatic carbocycles. The summed E-state index contributed by atoms with van der Waals surface area (Å²) in [6.45, 7) is 4.55. The normalized spacial score (nSPS) is 14.0. The van der Waals surface area contributed by atoms with Crippen molar-refractivity contribution in [3.8, 4) is 22.7 Å². The molecule has 0 bridgehead atoms. The maximum Gasteiger partial charge on any atom is 0.264 e. The van der Waals surface area contributed by atoms with E-state index in [1.807, 2.05) is 44.3 Å². The van der Waals surface area contributed by atoms with E-state index < -0.39 is 6.43 Å². The number of nitrogens with zero attached hydrogens (tertiary/aromatic N) is 5. The van der Waals surface area contributed by atoms with Crippen LogP contribution in [0.15, 0.2) is 36.5 Å². The van der Waals surface area contributed by atoms with Gasteiger partial charge in [-0.15, -0.1) is 0 Å². The number of hydrogen-bond donors (Lipinski definition) is 0. The maximum atomic E-state index is 14.2. The van der Waals surface area contributed by atoms with Gasteiger partial charge in [-0.25, -0.2) is 18.4 Å². The van der Waals surface area contributed by atoms with E-state index >= 15 is 0 Å². The van der Waals surface area contributed by atoms with Crippen molar-refractivity contribution in [1.82, 2.24) is 24.5 Å². The molecule has 0 spiro atoms. The third kappa shape index (κ3) is 3.36. The molecule has 4 aromatic rings. The summed E-state index contributed by atoms with van der Waals surface area (Å²) < 4.78 is 37.2. The molecular formula is C23H23F2N5O. The number of ether oxygens (including phenoxy) is 1. The van der Waals surface area contributed by atoms with Crippen LogP contribution in [0.1, 0.15) is 49.1 Å². The zero-order valence-corrected chi connectivity index (χ0v) is 17.6. The van der Waals surface area contributed by atoms with Crippen LogP contribution in [-0.2, 0) is 6.54 Å². The average Bonchev–Trinajstić information content (AvgIpc) is 3.45. The number of aromatic nitrogens is 5. The molecule has 0 atom stereocenters. The minimum absolute atomic E-state index is 0.0229. The smallest absolute Gasteiger partial charge is 0.264 e. The Bertz CT molecular complexity index is 1260. The van der Waals surface area contributed by atoms with E-state index in [1.54, 1.807) is 16.5 Å². The molecule has 1 fully saturated rings. The van der Waals surface area contributed by atoms with Crippen molar-refractivity contribution in [2.45, 2.75) is 45.6 Å². The zero-order chi connectivity index (χ0) is 21.7. The maximum absolute atomic E-state index is 14.2. The quantitative estimate of drug-likeness (QED) is 0.415. The summed E-state index contributed by atoms with van der Waals surface area (Å²) in [5.41, 5.74) is 3.88. The van der Waals surface area contributed by atoms with Crippen molar-refractivity contribution in [1.29, 1.82) is 0 Å². The predicted octanol–water partition coefficient (Wildman–Crippen LogP) is 5.44. The summed E-state index contributed by atoms with van der Waals surface area (Å²) in [4.78, 5) is 4.83. The van der Waals surface area contributed by atoms with Crippen LogP contribution in [0.4, 0.5) is 8.78 Å². The highest BCUT2D eigenvalue weighted by molar-refractivity contribution is 5.87. The highest BCUT2D eigenvalue weighted by Gasteiger charge is 2.33. The van der Waals surface area contributed by atoms with Gasteiger partial charge in [0, 0.05) is 29.8 Å². The number of pyridine rings is 1. The van der Waals surface area contributed by atoms with Gasteiger partial charge in [0.25, 0.3) is 6.43 Å². The number of benzene rings is 1. The molecule has 1 aromatic carbocycles. The van der Waals surface area contributed by atoms with Gasteiger partial charge in [-0.1, -0.05) is 0 Å². The second-order valence-corrected chi connectivity index (χ2v) is 7.85. The molecule has 0 saturated heterocycles. The van der Waals surface area contributed by atoms with Crippen molar-refractivity contribution in [2.24, 2.45) is 0 Å². The molecule has 6 nitrogen and oxygen atoms in total. The number of rotatable bonds is 6. The number of fused-ring (bicyclic) bond motifs is 1. The zero-order valence-electron chi connectivity index (χ0n) is 17.6. The van der Waals surface area contributed by atoms with Gasteiger partial charge in [-0.05, 0) is 57.0 Å². The SMILES string of the molecule is CCn1cc(-c2cc(C(F)F)c3c(C4CC4)nn(-c4ccc(OC)cc4)c3n2)c(C)n1. The minimum atomic E-state index is -2.63. The topological polar surface area (TPSA) is 57.8 Å². The van der Waals surface area contributed by atoms with E-state index in [0.29, 0.717) is 34.7 Å². The Morgan fingerprint density at radius 3 is 2.48 bits per heavy atom. The third-order valence-corrected chi connectivity index (χ3v) is 5.76. The highest BCUT2D eigenvalue weighted by atomic mass is 19.3. The van der Waals surface area contributed by atoms with Crippen molar-refractivity contribution >= 4 is 11.0 Å². The Hall–Kier alpha value is -3.29. The van der Waals surface area contributed by atoms with Gasteiger partial charge >= 0.3 is 0 Å². The summed E-state index contributed by atoms with van der Waals surface area (Å²) in [7, 11) is 1.60. The first-order chi connectivity index (χ1) is 15.0. The Kier molecular flexibility index (Phi) is 4.72. The van der Waals surface area contributed by atoms with Gasteiger partial charge in [0.1, 0.15) is 5.75 Å². The molecule has 1 saturated carbocycles. The Labute approximate surface area is 178 Å². The van der Waals surface area contributed by atoms with E-state index in [1.165, 1.54) is 6.07 Å². The highest BCUT2D eigenvalue weighted by Crippen LogP contribution is 2.45. The van der Waals surface area contributed by atoms with Crippen molar-refractivity contribution in [3.05, 3.63) is 53.5 Å². The molecule has 3 heterocycles. The lowest BCUT2D eigenvalue weighted by Crippen LogP contribution is -2.00. The van der Waals surface area contributed by atoms with Crippen LogP contribution in [0.25, 0.3) is 28.0 Å². The molecule has 5 rings (SSSR count). The second kappa shape index (κ2) is 7.44. The number of alkyl halides is 2. The van der Waals surface area contributed by atoms with Gasteiger partial charge in [0.05, 0.1) is 35.3 Å². The van der Waals surface area contributed by atoms with Gasteiger partial charge in [0.2, 0.25) is 0 Å². The lowest BCUT2D eigenvalue weighted by molar-refractivity contribution is 0.153. The molecular weight excluding hydrogens is 400 g/mol. The molecule has 8 heteroatoms. The van der Waals surface area contributed by atoms with Gasteiger partial charge < -0.3 is 4.74 Å². The van der Waals surface area contributed by atoms with Gasteiger partial charge in [-0.3, -0.25) is 4.68 Å². The molecule has 0 N–H and O–H groups in total. The molecule has 0 unspecified atom stereocenters. The van der Waals surface area contributed by atoms with Crippen LogP contribution < -0.4 is 4.74 Å². The molecule has 0 aliphatic heterocycles. The van der Waals surface area contributed by atoms with Crippen molar-refractivity contribution in [3.63, 3.8) is 0 Å².